The summed E-state index contributed by atoms with van der Waals surface area (Å²) in [4.78, 5) is 0. The summed E-state index contributed by atoms with van der Waals surface area (Å²) >= 11 is 0. The maximum atomic E-state index is 5.27. The summed E-state index contributed by atoms with van der Waals surface area (Å²) in [5.41, 5.74) is 6.29. The summed E-state index contributed by atoms with van der Waals surface area (Å²) in [5, 5.41) is 0. The minimum atomic E-state index is 0.514. The first-order chi connectivity index (χ1) is 3.18. The van der Waals surface area contributed by atoms with Gasteiger partial charge in [-0.2, -0.15) is 0 Å². The summed E-state index contributed by atoms with van der Waals surface area (Å²) in [6.45, 7) is 3.80. The van der Waals surface area contributed by atoms with Gasteiger partial charge < -0.3 is 10.5 Å². The Morgan fingerprint density at radius 3 is 1.86 bits per heavy atom. The first kappa shape index (κ1) is 6.34. The molecule has 0 heterocycles. The molecule has 0 unspecified atom stereocenters. The zero-order chi connectivity index (χ0) is 5.86. The van der Waals surface area contributed by atoms with E-state index in [9.17, 15) is 0 Å². The van der Waals surface area contributed by atoms with Crippen LogP contribution in [-0.2, 0) is 4.74 Å². The van der Waals surface area contributed by atoms with E-state index in [2.05, 4.69) is 4.74 Å². The first-order valence-corrected chi connectivity index (χ1v) is 2.15. The van der Waals surface area contributed by atoms with E-state index in [0.717, 1.165) is 5.57 Å². The van der Waals surface area contributed by atoms with Gasteiger partial charge in [0.25, 0.3) is 0 Å². The number of nitrogens with two attached hydrogens (primary N) is 1. The molecular weight excluding hydrogens is 90.1 g/mol. The van der Waals surface area contributed by atoms with Crippen molar-refractivity contribution < 1.29 is 4.74 Å². The fourth-order valence-corrected chi connectivity index (χ4v) is 0.204. The first-order valence-electron chi connectivity index (χ1n) is 2.15. The minimum Gasteiger partial charge on any atom is -0.483 e. The van der Waals surface area contributed by atoms with E-state index < -0.39 is 0 Å². The van der Waals surface area contributed by atoms with Gasteiger partial charge >= 0.3 is 0 Å². The molecule has 0 spiro atoms. The third-order valence-electron chi connectivity index (χ3n) is 0.713. The van der Waals surface area contributed by atoms with E-state index in [1.165, 1.54) is 0 Å². The van der Waals surface area contributed by atoms with Crippen molar-refractivity contribution in [3.05, 3.63) is 11.5 Å². The van der Waals surface area contributed by atoms with Crippen LogP contribution in [0.4, 0.5) is 0 Å². The number of allylic oxidation sites excluding steroid dienone is 1. The molecule has 7 heavy (non-hydrogen) atoms. The highest BCUT2D eigenvalue weighted by molar-refractivity contribution is 4.96. The topological polar surface area (TPSA) is 35.2 Å². The average Bonchev–Trinajstić information content (AvgIpc) is 1.65. The van der Waals surface area contributed by atoms with Gasteiger partial charge in [-0.15, -0.1) is 0 Å². The predicted molar refractivity (Wildman–Crippen MR) is 29.6 cm³/mol. The zero-order valence-electron chi connectivity index (χ0n) is 4.99. The van der Waals surface area contributed by atoms with Crippen LogP contribution < -0.4 is 5.73 Å². The van der Waals surface area contributed by atoms with E-state index in [4.69, 9.17) is 5.73 Å². The molecule has 42 valence electrons. The highest BCUT2D eigenvalue weighted by atomic mass is 16.5. The second-order valence-electron chi connectivity index (χ2n) is 1.57. The summed E-state index contributed by atoms with van der Waals surface area (Å²) in [6.07, 6.45) is 0. The largest absolute Gasteiger partial charge is 0.483 e. The van der Waals surface area contributed by atoms with Gasteiger partial charge in [0.15, 0.2) is 5.88 Å². The standard InChI is InChI=1S/C5H11NO/c1-4(2)5(6)7-3/h6H2,1-3H3. The highest BCUT2D eigenvalue weighted by Crippen LogP contribution is 1.93. The van der Waals surface area contributed by atoms with Crippen molar-refractivity contribution in [3.8, 4) is 0 Å². The quantitative estimate of drug-likeness (QED) is 0.497. The molecule has 0 fully saturated rings. The molecule has 0 aromatic carbocycles. The lowest BCUT2D eigenvalue weighted by molar-refractivity contribution is 0.283. The van der Waals surface area contributed by atoms with Crippen molar-refractivity contribution in [1.29, 1.82) is 0 Å². The molecule has 0 amide bonds. The van der Waals surface area contributed by atoms with Crippen molar-refractivity contribution >= 4 is 0 Å². The van der Waals surface area contributed by atoms with Crippen molar-refractivity contribution in [3.63, 3.8) is 0 Å². The maximum Gasteiger partial charge on any atom is 0.182 e. The lowest BCUT2D eigenvalue weighted by atomic mass is 10.4. The van der Waals surface area contributed by atoms with Crippen LogP contribution in [-0.4, -0.2) is 7.11 Å². The van der Waals surface area contributed by atoms with Gasteiger partial charge in [-0.25, -0.2) is 0 Å². The van der Waals surface area contributed by atoms with E-state index in [0.29, 0.717) is 5.88 Å². The zero-order valence-corrected chi connectivity index (χ0v) is 4.99. The Morgan fingerprint density at radius 1 is 1.43 bits per heavy atom. The van der Waals surface area contributed by atoms with Gasteiger partial charge in [0.1, 0.15) is 0 Å². The van der Waals surface area contributed by atoms with Crippen LogP contribution in [0, 0.1) is 0 Å². The highest BCUT2D eigenvalue weighted by Gasteiger charge is 1.84. The number of hydrogen-bond acceptors (Lipinski definition) is 2. The van der Waals surface area contributed by atoms with Crippen LogP contribution in [0.5, 0.6) is 0 Å². The van der Waals surface area contributed by atoms with Crippen LogP contribution in [0.2, 0.25) is 0 Å². The Morgan fingerprint density at radius 2 is 1.86 bits per heavy atom. The predicted octanol–water partition coefficient (Wildman–Crippen LogP) is 0.843. The second-order valence-corrected chi connectivity index (χ2v) is 1.57. The fourth-order valence-electron chi connectivity index (χ4n) is 0.204. The molecule has 0 bridgehead atoms. The Kier molecular flexibility index (Phi) is 2.27. The number of rotatable bonds is 1. The molecule has 0 rings (SSSR count). The van der Waals surface area contributed by atoms with Crippen LogP contribution >= 0.6 is 0 Å². The minimum absolute atomic E-state index is 0.514. The van der Waals surface area contributed by atoms with E-state index in [1.54, 1.807) is 7.11 Å². The third-order valence-corrected chi connectivity index (χ3v) is 0.713. The fraction of sp³-hybridized carbons (Fsp3) is 0.600. The Hall–Kier alpha value is -0.660. The Bertz CT molecular complexity index is 82.1. The Balaban J connectivity index is 3.72. The Labute approximate surface area is 44.0 Å². The van der Waals surface area contributed by atoms with Gasteiger partial charge in [-0.05, 0) is 19.4 Å². The smallest absolute Gasteiger partial charge is 0.182 e. The number of methoxy groups -OCH3 is 1. The van der Waals surface area contributed by atoms with Crippen molar-refractivity contribution in [1.82, 2.24) is 0 Å². The van der Waals surface area contributed by atoms with Gasteiger partial charge in [-0.1, -0.05) is 0 Å². The lowest BCUT2D eigenvalue weighted by Gasteiger charge is -1.97. The molecule has 0 saturated heterocycles. The van der Waals surface area contributed by atoms with Crippen LogP contribution in [0.3, 0.4) is 0 Å². The lowest BCUT2D eigenvalue weighted by Crippen LogP contribution is -2.00. The normalized spacial score (nSPS) is 7.86. The van der Waals surface area contributed by atoms with Crippen LogP contribution in [0.25, 0.3) is 0 Å². The van der Waals surface area contributed by atoms with Crippen LogP contribution in [0.15, 0.2) is 11.5 Å². The van der Waals surface area contributed by atoms with Crippen LogP contribution in [0.1, 0.15) is 13.8 Å². The van der Waals surface area contributed by atoms with Crippen molar-refractivity contribution in [2.75, 3.05) is 7.11 Å². The molecule has 0 aliphatic carbocycles. The molecule has 0 atom stereocenters. The third kappa shape index (κ3) is 2.09. The van der Waals surface area contributed by atoms with Crippen molar-refractivity contribution in [2.45, 2.75) is 13.8 Å². The molecule has 0 aliphatic rings. The molecule has 0 aromatic rings. The maximum absolute atomic E-state index is 5.27. The van der Waals surface area contributed by atoms with E-state index in [1.807, 2.05) is 13.8 Å². The summed E-state index contributed by atoms with van der Waals surface area (Å²) in [7, 11) is 1.56. The van der Waals surface area contributed by atoms with Gasteiger partial charge in [0.2, 0.25) is 0 Å². The molecule has 0 saturated carbocycles. The molecule has 2 N–H and O–H groups in total. The van der Waals surface area contributed by atoms with E-state index in [-0.39, 0.29) is 0 Å². The molecule has 0 aliphatic heterocycles. The van der Waals surface area contributed by atoms with Gasteiger partial charge in [0.05, 0.1) is 7.11 Å². The SMILES string of the molecule is COC(N)=C(C)C. The number of hydrogen-bond donors (Lipinski definition) is 1. The second kappa shape index (κ2) is 2.50. The summed E-state index contributed by atoms with van der Waals surface area (Å²) in [6, 6.07) is 0. The molecule has 2 nitrogen and oxygen atoms in total. The molecule has 0 aromatic heterocycles. The monoisotopic (exact) mass is 101 g/mol. The van der Waals surface area contributed by atoms with Gasteiger partial charge in [0, 0.05) is 0 Å². The molecule has 2 heteroatoms. The molecular formula is C5H11NO. The van der Waals surface area contributed by atoms with Crippen molar-refractivity contribution in [2.24, 2.45) is 5.73 Å². The average molecular weight is 101 g/mol. The number of ether oxygens (including phenoxy) is 1. The molecule has 0 radical (unpaired) electrons. The summed E-state index contributed by atoms with van der Waals surface area (Å²) < 4.78 is 4.67. The van der Waals surface area contributed by atoms with Gasteiger partial charge in [-0.3, -0.25) is 0 Å². The summed E-state index contributed by atoms with van der Waals surface area (Å²) in [5.74, 6) is 0.514. The van der Waals surface area contributed by atoms with E-state index >= 15 is 0 Å².